The number of rotatable bonds is 6. The second-order valence-electron chi connectivity index (χ2n) is 4.23. The Bertz CT molecular complexity index is 491. The van der Waals surface area contributed by atoms with Gasteiger partial charge in [0.25, 0.3) is 0 Å². The molecule has 0 saturated heterocycles. The Hall–Kier alpha value is -1.48. The maximum absolute atomic E-state index is 5.74. The third kappa shape index (κ3) is 4.60. The van der Waals surface area contributed by atoms with Gasteiger partial charge >= 0.3 is 0 Å². The normalized spacial score (nSPS) is 10.2. The molecule has 0 spiro atoms. The summed E-state index contributed by atoms with van der Waals surface area (Å²) < 4.78 is 12.4. The minimum absolute atomic E-state index is 0.767. The van der Waals surface area contributed by atoms with Crippen LogP contribution in [0.2, 0.25) is 0 Å². The van der Waals surface area contributed by atoms with Crippen LogP contribution >= 0.6 is 15.9 Å². The highest BCUT2D eigenvalue weighted by Gasteiger charge is 1.98. The smallest absolute Gasteiger partial charge is 0.127 e. The summed E-state index contributed by atoms with van der Waals surface area (Å²) >= 11 is 3.40. The van der Waals surface area contributed by atoms with E-state index in [1.165, 1.54) is 0 Å². The van der Waals surface area contributed by atoms with Crippen molar-refractivity contribution in [1.29, 1.82) is 0 Å². The number of ether oxygens (including phenoxy) is 2. The van der Waals surface area contributed by atoms with Crippen molar-refractivity contribution in [3.8, 4) is 17.2 Å². The van der Waals surface area contributed by atoms with Gasteiger partial charge < -0.3 is 9.47 Å². The van der Waals surface area contributed by atoms with E-state index in [-0.39, 0.29) is 0 Å². The summed E-state index contributed by atoms with van der Waals surface area (Å²) in [5.74, 6) is 2.52. The van der Waals surface area contributed by atoms with Crippen LogP contribution in [0.15, 0.2) is 53.0 Å². The van der Waals surface area contributed by atoms with Gasteiger partial charge in [-0.2, -0.15) is 0 Å². The van der Waals surface area contributed by atoms with E-state index in [4.69, 9.17) is 9.47 Å². The molecular formula is C16H17BrO2. The Kier molecular flexibility index (Phi) is 5.28. The monoisotopic (exact) mass is 320 g/mol. The van der Waals surface area contributed by atoms with Crippen molar-refractivity contribution >= 4 is 15.9 Å². The van der Waals surface area contributed by atoms with E-state index >= 15 is 0 Å². The zero-order chi connectivity index (χ0) is 13.5. The summed E-state index contributed by atoms with van der Waals surface area (Å²) in [7, 11) is 0. The fraction of sp³-hybridized carbons (Fsp3) is 0.250. The van der Waals surface area contributed by atoms with Gasteiger partial charge in [-0.05, 0) is 55.0 Å². The minimum Gasteiger partial charge on any atom is -0.494 e. The van der Waals surface area contributed by atoms with Crippen LogP contribution in [0.25, 0.3) is 0 Å². The predicted molar refractivity (Wildman–Crippen MR) is 81.1 cm³/mol. The largest absolute Gasteiger partial charge is 0.494 e. The zero-order valence-corrected chi connectivity index (χ0v) is 12.5. The fourth-order valence-electron chi connectivity index (χ4n) is 1.58. The summed E-state index contributed by atoms with van der Waals surface area (Å²) in [6.07, 6.45) is 2.22. The molecule has 100 valence electrons. The molecule has 19 heavy (non-hydrogen) atoms. The highest BCUT2D eigenvalue weighted by Crippen LogP contribution is 2.25. The highest BCUT2D eigenvalue weighted by molar-refractivity contribution is 9.10. The van der Waals surface area contributed by atoms with Crippen LogP contribution in [0.1, 0.15) is 19.8 Å². The maximum atomic E-state index is 5.74. The summed E-state index contributed by atoms with van der Waals surface area (Å²) in [6.45, 7) is 2.92. The molecule has 0 amide bonds. The van der Waals surface area contributed by atoms with Crippen LogP contribution in [-0.4, -0.2) is 6.61 Å². The lowest BCUT2D eigenvalue weighted by Gasteiger charge is -2.08. The molecule has 0 aliphatic heterocycles. The van der Waals surface area contributed by atoms with Crippen molar-refractivity contribution in [1.82, 2.24) is 0 Å². The molecule has 0 aromatic heterocycles. The lowest BCUT2D eigenvalue weighted by Crippen LogP contribution is -1.96. The molecule has 0 N–H and O–H groups in total. The van der Waals surface area contributed by atoms with Crippen LogP contribution in [0.3, 0.4) is 0 Å². The van der Waals surface area contributed by atoms with Gasteiger partial charge in [-0.25, -0.2) is 0 Å². The van der Waals surface area contributed by atoms with Crippen molar-refractivity contribution < 1.29 is 9.47 Å². The van der Waals surface area contributed by atoms with Gasteiger partial charge in [-0.3, -0.25) is 0 Å². The van der Waals surface area contributed by atoms with Crippen LogP contribution in [0, 0.1) is 0 Å². The molecule has 0 saturated carbocycles. The number of hydrogen-bond acceptors (Lipinski definition) is 2. The van der Waals surface area contributed by atoms with Gasteiger partial charge in [0.1, 0.15) is 17.2 Å². The van der Waals surface area contributed by atoms with E-state index in [2.05, 4.69) is 22.9 Å². The fourth-order valence-corrected chi connectivity index (χ4v) is 1.84. The molecule has 0 atom stereocenters. The Morgan fingerprint density at radius 1 is 0.842 bits per heavy atom. The quantitative estimate of drug-likeness (QED) is 0.661. The highest BCUT2D eigenvalue weighted by atomic mass is 79.9. The van der Waals surface area contributed by atoms with E-state index in [9.17, 15) is 0 Å². The first-order valence-electron chi connectivity index (χ1n) is 6.44. The first-order valence-corrected chi connectivity index (χ1v) is 7.23. The van der Waals surface area contributed by atoms with Crippen molar-refractivity contribution in [3.63, 3.8) is 0 Å². The van der Waals surface area contributed by atoms with Crippen molar-refractivity contribution in [3.05, 3.63) is 53.0 Å². The van der Waals surface area contributed by atoms with Crippen LogP contribution < -0.4 is 9.47 Å². The van der Waals surface area contributed by atoms with Gasteiger partial charge in [-0.1, -0.05) is 29.3 Å². The van der Waals surface area contributed by atoms with Crippen molar-refractivity contribution in [2.45, 2.75) is 19.8 Å². The van der Waals surface area contributed by atoms with Crippen molar-refractivity contribution in [2.24, 2.45) is 0 Å². The molecule has 2 aromatic carbocycles. The molecule has 2 aromatic rings. The topological polar surface area (TPSA) is 18.5 Å². The van der Waals surface area contributed by atoms with E-state index in [0.29, 0.717) is 0 Å². The second kappa shape index (κ2) is 7.19. The first-order chi connectivity index (χ1) is 9.28. The Morgan fingerprint density at radius 3 is 1.95 bits per heavy atom. The zero-order valence-electron chi connectivity index (χ0n) is 10.9. The molecule has 0 unspecified atom stereocenters. The van der Waals surface area contributed by atoms with Gasteiger partial charge in [0.05, 0.1) is 6.61 Å². The van der Waals surface area contributed by atoms with Crippen LogP contribution in [-0.2, 0) is 0 Å². The molecule has 0 fully saturated rings. The van der Waals surface area contributed by atoms with E-state index in [1.807, 2.05) is 48.5 Å². The molecule has 3 heteroatoms. The van der Waals surface area contributed by atoms with Crippen LogP contribution in [0.4, 0.5) is 0 Å². The summed E-state index contributed by atoms with van der Waals surface area (Å²) in [6, 6.07) is 15.5. The second-order valence-corrected chi connectivity index (χ2v) is 5.15. The Balaban J connectivity index is 1.92. The molecule has 2 nitrogen and oxygen atoms in total. The molecule has 0 heterocycles. The average Bonchev–Trinajstić information content (AvgIpc) is 2.44. The minimum atomic E-state index is 0.767. The summed E-state index contributed by atoms with van der Waals surface area (Å²) in [5.41, 5.74) is 0. The molecule has 0 aliphatic carbocycles. The van der Waals surface area contributed by atoms with Gasteiger partial charge in [-0.15, -0.1) is 0 Å². The van der Waals surface area contributed by atoms with Gasteiger partial charge in [0.15, 0.2) is 0 Å². The van der Waals surface area contributed by atoms with E-state index in [0.717, 1.165) is 41.2 Å². The van der Waals surface area contributed by atoms with Gasteiger partial charge in [0.2, 0.25) is 0 Å². The molecular weight excluding hydrogens is 304 g/mol. The molecule has 0 radical (unpaired) electrons. The van der Waals surface area contributed by atoms with E-state index < -0.39 is 0 Å². The van der Waals surface area contributed by atoms with Crippen LogP contribution in [0.5, 0.6) is 17.2 Å². The Morgan fingerprint density at radius 2 is 1.37 bits per heavy atom. The lowest BCUT2D eigenvalue weighted by atomic mass is 10.3. The third-order valence-corrected chi connectivity index (χ3v) is 3.17. The van der Waals surface area contributed by atoms with E-state index in [1.54, 1.807) is 0 Å². The van der Waals surface area contributed by atoms with Gasteiger partial charge in [0, 0.05) is 4.47 Å². The molecule has 0 bridgehead atoms. The number of benzene rings is 2. The number of unbranched alkanes of at least 4 members (excludes halogenated alkanes) is 1. The van der Waals surface area contributed by atoms with Crippen molar-refractivity contribution in [2.75, 3.05) is 6.61 Å². The average molecular weight is 321 g/mol. The SMILES string of the molecule is CCCCOc1ccc(Oc2ccc(Br)cc2)cc1. The first kappa shape index (κ1) is 13.9. The predicted octanol–water partition coefficient (Wildman–Crippen LogP) is 5.42. The Labute approximate surface area is 122 Å². The number of halogens is 1. The lowest BCUT2D eigenvalue weighted by molar-refractivity contribution is 0.309. The maximum Gasteiger partial charge on any atom is 0.127 e. The summed E-state index contributed by atoms with van der Waals surface area (Å²) in [5, 5.41) is 0. The molecule has 2 rings (SSSR count). The number of hydrogen-bond donors (Lipinski definition) is 0. The summed E-state index contributed by atoms with van der Waals surface area (Å²) in [4.78, 5) is 0. The molecule has 0 aliphatic rings. The standard InChI is InChI=1S/C16H17BrO2/c1-2-3-12-18-14-8-10-16(11-9-14)19-15-6-4-13(17)5-7-15/h4-11H,2-3,12H2,1H3. The third-order valence-electron chi connectivity index (χ3n) is 2.64.